The van der Waals surface area contributed by atoms with E-state index in [-0.39, 0.29) is 55.9 Å². The number of rotatable bonds is 4. The first-order valence-electron chi connectivity index (χ1n) is 26.4. The van der Waals surface area contributed by atoms with Crippen LogP contribution in [0.5, 0.6) is 11.5 Å². The van der Waals surface area contributed by atoms with Gasteiger partial charge in [0.25, 0.3) is 0 Å². The molecule has 0 saturated heterocycles. The van der Waals surface area contributed by atoms with E-state index in [0.29, 0.717) is 29.4 Å². The van der Waals surface area contributed by atoms with Crippen molar-refractivity contribution in [2.45, 2.75) is 183 Å². The maximum absolute atomic E-state index is 15.0. The largest absolute Gasteiger partial charge is 0.471 e. The number of benzene rings is 1. The lowest BCUT2D eigenvalue weighted by Gasteiger charge is -2.70. The Morgan fingerprint density at radius 2 is 1.30 bits per heavy atom. The van der Waals surface area contributed by atoms with Crippen molar-refractivity contribution in [1.29, 1.82) is 0 Å². The van der Waals surface area contributed by atoms with Crippen LogP contribution in [0.15, 0.2) is 52.7 Å². The van der Waals surface area contributed by atoms with Crippen LogP contribution in [-0.4, -0.2) is 61.1 Å². The highest BCUT2D eigenvalue weighted by atomic mass is 16.7. The molecule has 0 radical (unpaired) electrons. The van der Waals surface area contributed by atoms with E-state index in [9.17, 15) is 24.3 Å². The second-order valence-corrected chi connectivity index (χ2v) is 27.1. The predicted molar refractivity (Wildman–Crippen MR) is 264 cm³/mol. The van der Waals surface area contributed by atoms with Gasteiger partial charge in [-0.2, -0.15) is 0 Å². The van der Waals surface area contributed by atoms with Gasteiger partial charge in [-0.3, -0.25) is 14.4 Å². The number of allylic oxidation sites excluding steroid dienone is 5. The standard InChI is InChI=1S/C60H78O9/c1-35-46-38(53(6)22-26-56(9)43-31-51(4,48(64)67-13)17-16-49(43,2)19-24-55(56,8)42(53)30-39(46)62)28-40-47(35)69-58(11)36-14-15-41-52(5,37(36)29-45(63)60(58,65)68-40)21-25-57(10)44-32-59(33-61,34-66-12)27-20-50(44,3)18-23-54(41,57)7/h14-15,28-30,33,43-44,65H,16-27,31-32,34H2,1-13H3/t43-,44-,49-,50+,51+,52+,53+,54-,55-,56+,57+,58-,59-,60+/m1/s1. The molecule has 1 aliphatic heterocycles. The molecule has 9 nitrogen and oxygen atoms in total. The third-order valence-electron chi connectivity index (χ3n) is 24.1. The molecule has 14 atom stereocenters. The van der Waals surface area contributed by atoms with Gasteiger partial charge in [0, 0.05) is 40.1 Å². The van der Waals surface area contributed by atoms with Gasteiger partial charge in [0.1, 0.15) is 6.29 Å². The minimum Gasteiger partial charge on any atom is -0.471 e. The number of aliphatic hydroxyl groups is 1. The molecule has 1 aromatic rings. The lowest BCUT2D eigenvalue weighted by molar-refractivity contribution is -0.231. The number of esters is 1. The van der Waals surface area contributed by atoms with Crippen LogP contribution in [0.4, 0.5) is 0 Å². The maximum Gasteiger partial charge on any atom is 0.317 e. The second kappa shape index (κ2) is 14.0. The Morgan fingerprint density at radius 1 is 0.710 bits per heavy atom. The average Bonchev–Trinajstić information content (AvgIpc) is 3.30. The minimum atomic E-state index is -2.37. The van der Waals surface area contributed by atoms with Crippen molar-refractivity contribution in [3.63, 3.8) is 0 Å². The Kier molecular flexibility index (Phi) is 9.65. The summed E-state index contributed by atoms with van der Waals surface area (Å²) in [6.07, 6.45) is 21.8. The first-order chi connectivity index (χ1) is 32.1. The van der Waals surface area contributed by atoms with Gasteiger partial charge in [-0.1, -0.05) is 73.1 Å². The Bertz CT molecular complexity index is 2690. The van der Waals surface area contributed by atoms with Crippen LogP contribution in [0.25, 0.3) is 0 Å². The Morgan fingerprint density at radius 3 is 1.93 bits per heavy atom. The van der Waals surface area contributed by atoms with E-state index in [0.717, 1.165) is 112 Å². The van der Waals surface area contributed by atoms with Crippen molar-refractivity contribution < 1.29 is 43.2 Å². The van der Waals surface area contributed by atoms with Crippen molar-refractivity contribution in [3.8, 4) is 11.5 Å². The molecule has 6 fully saturated rings. The van der Waals surface area contributed by atoms with E-state index >= 15 is 0 Å². The summed E-state index contributed by atoms with van der Waals surface area (Å²) in [7, 11) is 3.20. The highest BCUT2D eigenvalue weighted by molar-refractivity contribution is 6.10. The molecule has 0 spiro atoms. The zero-order valence-electron chi connectivity index (χ0n) is 43.9. The smallest absolute Gasteiger partial charge is 0.317 e. The van der Waals surface area contributed by atoms with Gasteiger partial charge in [-0.05, 0) is 190 Å². The van der Waals surface area contributed by atoms with Crippen LogP contribution >= 0.6 is 0 Å². The van der Waals surface area contributed by atoms with Gasteiger partial charge in [-0.15, -0.1) is 0 Å². The van der Waals surface area contributed by atoms with E-state index < -0.39 is 38.8 Å². The number of fused-ring (bicyclic) bond motifs is 17. The first-order valence-corrected chi connectivity index (χ1v) is 26.4. The van der Waals surface area contributed by atoms with E-state index in [1.807, 2.05) is 19.1 Å². The van der Waals surface area contributed by atoms with E-state index in [1.165, 1.54) is 19.0 Å². The van der Waals surface area contributed by atoms with E-state index in [1.54, 1.807) is 20.1 Å². The lowest BCUT2D eigenvalue weighted by atomic mass is 9.34. The lowest BCUT2D eigenvalue weighted by Crippen LogP contribution is -2.70. The number of methoxy groups -OCH3 is 2. The monoisotopic (exact) mass is 943 g/mol. The third kappa shape index (κ3) is 5.46. The molecule has 372 valence electrons. The molecular weight excluding hydrogens is 865 g/mol. The molecule has 9 aliphatic carbocycles. The fourth-order valence-corrected chi connectivity index (χ4v) is 18.9. The SMILES string of the molecule is COC[C@]1(C=O)CC[C@]2(C)CC[C@]3(C)C4=CC=C5C(=CC(=O)[C@]6(O)Oc7cc8c(c(C)c7O[C@]56C)C(=O)C=C5[C@@]8(C)CC[C@@]6(C)[C@@H]7C[C@@](C)(C(=O)OC)CC[C@]7(C)CC[C@]56C)[C@]4(C)CC[C@@]3(C)[C@@H]2C1. The summed E-state index contributed by atoms with van der Waals surface area (Å²) < 4.78 is 25.0. The van der Waals surface area contributed by atoms with Crippen LogP contribution < -0.4 is 9.47 Å². The topological polar surface area (TPSA) is 125 Å². The van der Waals surface area contributed by atoms with Crippen molar-refractivity contribution in [2.24, 2.45) is 60.6 Å². The van der Waals surface area contributed by atoms with Crippen LogP contribution in [0.1, 0.15) is 181 Å². The maximum atomic E-state index is 15.0. The number of carbonyl (C=O) groups excluding carboxylic acids is 4. The number of carbonyl (C=O) groups is 4. The zero-order chi connectivity index (χ0) is 49.8. The number of ether oxygens (including phenoxy) is 4. The summed E-state index contributed by atoms with van der Waals surface area (Å²) in [5.74, 6) is -1.86. The molecule has 1 N–H and O–H groups in total. The highest BCUT2D eigenvalue weighted by Gasteiger charge is 2.72. The molecule has 0 unspecified atom stereocenters. The Balaban J connectivity index is 0.968. The molecule has 0 aromatic heterocycles. The van der Waals surface area contributed by atoms with Crippen molar-refractivity contribution in [2.75, 3.05) is 20.8 Å². The summed E-state index contributed by atoms with van der Waals surface area (Å²) in [6, 6.07) is 1.91. The third-order valence-corrected chi connectivity index (χ3v) is 24.1. The number of ketones is 2. The van der Waals surface area contributed by atoms with Gasteiger partial charge >= 0.3 is 11.8 Å². The first kappa shape index (κ1) is 47.5. The van der Waals surface area contributed by atoms with Crippen LogP contribution in [0, 0.1) is 67.5 Å². The normalized spacial score (nSPS) is 48.9. The molecule has 10 aliphatic rings. The molecular formula is C60H78O9. The molecule has 0 amide bonds. The summed E-state index contributed by atoms with van der Waals surface area (Å²) in [5, 5.41) is 12.9. The Labute approximate surface area is 410 Å². The van der Waals surface area contributed by atoms with Gasteiger partial charge in [0.05, 0.1) is 19.1 Å². The number of aldehydes is 1. The van der Waals surface area contributed by atoms with E-state index in [4.69, 9.17) is 18.9 Å². The van der Waals surface area contributed by atoms with Gasteiger partial charge in [0.15, 0.2) is 17.3 Å². The van der Waals surface area contributed by atoms with Crippen LogP contribution in [-0.2, 0) is 29.3 Å². The second-order valence-electron chi connectivity index (χ2n) is 27.1. The average molecular weight is 943 g/mol. The summed E-state index contributed by atoms with van der Waals surface area (Å²) in [6.45, 7) is 25.3. The molecule has 11 rings (SSSR count). The van der Waals surface area contributed by atoms with Gasteiger partial charge in [0.2, 0.25) is 11.4 Å². The quantitative estimate of drug-likeness (QED) is 0.232. The zero-order valence-corrected chi connectivity index (χ0v) is 43.9. The molecule has 9 heteroatoms. The summed E-state index contributed by atoms with van der Waals surface area (Å²) >= 11 is 0. The molecule has 1 heterocycles. The highest BCUT2D eigenvalue weighted by Crippen LogP contribution is 2.78. The van der Waals surface area contributed by atoms with Crippen molar-refractivity contribution >= 4 is 23.8 Å². The van der Waals surface area contributed by atoms with Crippen LogP contribution in [0.3, 0.4) is 0 Å². The summed E-state index contributed by atoms with van der Waals surface area (Å²) in [4.78, 5) is 56.1. The summed E-state index contributed by atoms with van der Waals surface area (Å²) in [5.41, 5.74) is 1.83. The van der Waals surface area contributed by atoms with Gasteiger partial charge < -0.3 is 28.8 Å². The van der Waals surface area contributed by atoms with Crippen molar-refractivity contribution in [1.82, 2.24) is 0 Å². The fourth-order valence-electron chi connectivity index (χ4n) is 18.9. The van der Waals surface area contributed by atoms with Crippen molar-refractivity contribution in [3.05, 3.63) is 69.4 Å². The molecule has 6 saturated carbocycles. The van der Waals surface area contributed by atoms with Gasteiger partial charge in [-0.25, -0.2) is 0 Å². The number of hydrogen-bond acceptors (Lipinski definition) is 9. The minimum absolute atomic E-state index is 0.0564. The van der Waals surface area contributed by atoms with E-state index in [2.05, 4.69) is 74.5 Å². The molecule has 69 heavy (non-hydrogen) atoms. The van der Waals surface area contributed by atoms with Crippen LogP contribution in [0.2, 0.25) is 0 Å². The fraction of sp³-hybridized carbons (Fsp3) is 0.700. The predicted octanol–water partition coefficient (Wildman–Crippen LogP) is 11.8. The Hall–Kier alpha value is -3.82. The number of hydrogen-bond donors (Lipinski definition) is 1. The molecule has 1 aromatic carbocycles. The molecule has 0 bridgehead atoms.